The Morgan fingerprint density at radius 2 is 2.00 bits per heavy atom. The number of thioether (sulfide) groups is 1. The highest BCUT2D eigenvalue weighted by Gasteiger charge is 2.26. The van der Waals surface area contributed by atoms with Crippen LogP contribution < -0.4 is 5.32 Å². The number of aliphatic hydroxyl groups is 1. The van der Waals surface area contributed by atoms with Crippen molar-refractivity contribution in [3.05, 3.63) is 54.0 Å². The van der Waals surface area contributed by atoms with E-state index in [1.54, 1.807) is 0 Å². The Balaban J connectivity index is 1.74. The lowest BCUT2D eigenvalue weighted by atomic mass is 9.93. The van der Waals surface area contributed by atoms with Gasteiger partial charge in [0, 0.05) is 12.1 Å². The van der Waals surface area contributed by atoms with Crippen LogP contribution in [0.4, 0.5) is 5.82 Å². The molecule has 24 heavy (non-hydrogen) atoms. The number of hydrogen-bond donors (Lipinski definition) is 3. The van der Waals surface area contributed by atoms with E-state index in [-0.39, 0.29) is 0 Å². The summed E-state index contributed by atoms with van der Waals surface area (Å²) in [6, 6.07) is 7.92. The van der Waals surface area contributed by atoms with Crippen LogP contribution in [-0.4, -0.2) is 20.1 Å². The number of rotatable bonds is 5. The molecule has 0 fully saturated rings. The fourth-order valence-electron chi connectivity index (χ4n) is 2.45. The Bertz CT molecular complexity index is 799. The first kappa shape index (κ1) is 16.7. The molecule has 0 spiro atoms. The summed E-state index contributed by atoms with van der Waals surface area (Å²) in [4.78, 5) is 9.36. The summed E-state index contributed by atoms with van der Waals surface area (Å²) in [6.45, 7) is 8.29. The third kappa shape index (κ3) is 3.07. The number of nitrogens with zero attached hydrogens (tertiary/aromatic N) is 2. The molecule has 0 saturated carbocycles. The zero-order chi connectivity index (χ0) is 17.3. The molecule has 0 radical (unpaired) electrons. The van der Waals surface area contributed by atoms with Crippen molar-refractivity contribution in [1.82, 2.24) is 9.97 Å². The van der Waals surface area contributed by atoms with Crippen molar-refractivity contribution in [3.63, 3.8) is 0 Å². The Morgan fingerprint density at radius 3 is 2.67 bits per heavy atom. The Morgan fingerprint density at radius 1 is 1.29 bits per heavy atom. The van der Waals surface area contributed by atoms with Crippen LogP contribution in [0, 0.1) is 5.41 Å². The zero-order valence-electron chi connectivity index (χ0n) is 13.8. The van der Waals surface area contributed by atoms with Gasteiger partial charge in [0.1, 0.15) is 17.2 Å². The molecule has 1 unspecified atom stereocenters. The molecule has 3 rings (SSSR count). The molecule has 0 bridgehead atoms. The minimum atomic E-state index is -0.795. The molecule has 124 valence electrons. The molecule has 0 aliphatic carbocycles. The van der Waals surface area contributed by atoms with Gasteiger partial charge in [0.25, 0.3) is 0 Å². The SMILES string of the molecule is C=C1C(=N)Sc2c(NCc3ccc(C(C)(O)CC)cc3)ncnc21. The van der Waals surface area contributed by atoms with Gasteiger partial charge in [-0.3, -0.25) is 5.41 Å². The van der Waals surface area contributed by atoms with Crippen molar-refractivity contribution < 1.29 is 5.11 Å². The van der Waals surface area contributed by atoms with Gasteiger partial charge in [-0.25, -0.2) is 9.97 Å². The number of nitrogens with one attached hydrogen (secondary N) is 2. The average Bonchev–Trinajstić information content (AvgIpc) is 2.89. The highest BCUT2D eigenvalue weighted by atomic mass is 32.2. The Hall–Kier alpha value is -2.18. The number of hydrogen-bond acceptors (Lipinski definition) is 6. The molecule has 6 heteroatoms. The molecule has 5 nitrogen and oxygen atoms in total. The normalized spacial score (nSPS) is 16.0. The standard InChI is InChI=1S/C18H20N4OS/c1-4-18(3,23)13-7-5-12(6-8-13)9-20-17-15-14(21-10-22-17)11(2)16(19)24-15/h5-8,10,19,23H,2,4,9H2,1,3H3,(H,20,21,22). The predicted octanol–water partition coefficient (Wildman–Crippen LogP) is 3.80. The lowest BCUT2D eigenvalue weighted by Gasteiger charge is -2.22. The molecule has 1 aromatic carbocycles. The predicted molar refractivity (Wildman–Crippen MR) is 98.3 cm³/mol. The van der Waals surface area contributed by atoms with E-state index in [0.29, 0.717) is 23.6 Å². The molecule has 1 aliphatic rings. The van der Waals surface area contributed by atoms with E-state index in [2.05, 4.69) is 21.9 Å². The summed E-state index contributed by atoms with van der Waals surface area (Å²) in [5.74, 6) is 0.720. The summed E-state index contributed by atoms with van der Waals surface area (Å²) in [6.07, 6.45) is 2.16. The van der Waals surface area contributed by atoms with Crippen LogP contribution in [0.2, 0.25) is 0 Å². The first-order valence-electron chi connectivity index (χ1n) is 7.79. The number of anilines is 1. The quantitative estimate of drug-likeness (QED) is 0.771. The van der Waals surface area contributed by atoms with E-state index in [1.165, 1.54) is 18.1 Å². The Labute approximate surface area is 145 Å². The van der Waals surface area contributed by atoms with Crippen molar-refractivity contribution in [2.24, 2.45) is 0 Å². The maximum atomic E-state index is 10.3. The third-order valence-electron chi connectivity index (χ3n) is 4.29. The number of benzene rings is 1. The van der Waals surface area contributed by atoms with E-state index in [9.17, 15) is 5.11 Å². The highest BCUT2D eigenvalue weighted by Crippen LogP contribution is 2.41. The molecule has 2 heterocycles. The van der Waals surface area contributed by atoms with Gasteiger partial charge < -0.3 is 10.4 Å². The molecule has 3 N–H and O–H groups in total. The summed E-state index contributed by atoms with van der Waals surface area (Å²) in [5, 5.41) is 21.9. The molecule has 0 amide bonds. The summed E-state index contributed by atoms with van der Waals surface area (Å²) in [5.41, 5.74) is 2.59. The van der Waals surface area contributed by atoms with Crippen LogP contribution in [0.5, 0.6) is 0 Å². The molecular formula is C18H20N4OS. The van der Waals surface area contributed by atoms with Crippen molar-refractivity contribution >= 4 is 28.2 Å². The van der Waals surface area contributed by atoms with Gasteiger partial charge in [-0.1, -0.05) is 49.5 Å². The van der Waals surface area contributed by atoms with Crippen LogP contribution in [0.25, 0.3) is 5.57 Å². The molecule has 0 saturated heterocycles. The fraction of sp³-hybridized carbons (Fsp3) is 0.278. The third-order valence-corrected chi connectivity index (χ3v) is 5.33. The van der Waals surface area contributed by atoms with Crippen molar-refractivity contribution in [2.45, 2.75) is 37.3 Å². The fourth-order valence-corrected chi connectivity index (χ4v) is 3.37. The maximum Gasteiger partial charge on any atom is 0.144 e. The summed E-state index contributed by atoms with van der Waals surface area (Å²) >= 11 is 1.33. The van der Waals surface area contributed by atoms with E-state index in [4.69, 9.17) is 5.41 Å². The van der Waals surface area contributed by atoms with Gasteiger partial charge in [-0.05, 0) is 24.5 Å². The molecule has 1 aromatic heterocycles. The second-order valence-corrected chi connectivity index (χ2v) is 7.01. The van der Waals surface area contributed by atoms with Gasteiger partial charge in [-0.2, -0.15) is 0 Å². The second-order valence-electron chi connectivity index (χ2n) is 5.99. The molecule has 1 atom stereocenters. The van der Waals surface area contributed by atoms with E-state index < -0.39 is 5.60 Å². The first-order chi connectivity index (χ1) is 11.4. The zero-order valence-corrected chi connectivity index (χ0v) is 14.6. The van der Waals surface area contributed by atoms with Crippen molar-refractivity contribution in [1.29, 1.82) is 5.41 Å². The first-order valence-corrected chi connectivity index (χ1v) is 8.60. The van der Waals surface area contributed by atoms with E-state index in [0.717, 1.165) is 27.5 Å². The molecule has 1 aliphatic heterocycles. The van der Waals surface area contributed by atoms with Crippen LogP contribution >= 0.6 is 11.8 Å². The van der Waals surface area contributed by atoms with Crippen LogP contribution in [-0.2, 0) is 12.1 Å². The number of fused-ring (bicyclic) bond motifs is 1. The van der Waals surface area contributed by atoms with Gasteiger partial charge in [0.05, 0.1) is 16.2 Å². The Kier molecular flexibility index (Phi) is 4.43. The smallest absolute Gasteiger partial charge is 0.144 e. The second kappa shape index (κ2) is 6.37. The van der Waals surface area contributed by atoms with Crippen molar-refractivity contribution in [2.75, 3.05) is 5.32 Å². The van der Waals surface area contributed by atoms with E-state index >= 15 is 0 Å². The van der Waals surface area contributed by atoms with Gasteiger partial charge in [0.2, 0.25) is 0 Å². The lowest BCUT2D eigenvalue weighted by Crippen LogP contribution is -2.19. The maximum absolute atomic E-state index is 10.3. The van der Waals surface area contributed by atoms with Crippen molar-refractivity contribution in [3.8, 4) is 0 Å². The number of aromatic nitrogens is 2. The van der Waals surface area contributed by atoms with Crippen LogP contribution in [0.1, 0.15) is 37.1 Å². The van der Waals surface area contributed by atoms with Gasteiger partial charge in [0.15, 0.2) is 0 Å². The minimum absolute atomic E-state index is 0.416. The molecular weight excluding hydrogens is 320 g/mol. The summed E-state index contributed by atoms with van der Waals surface area (Å²) in [7, 11) is 0. The monoisotopic (exact) mass is 340 g/mol. The largest absolute Gasteiger partial charge is 0.385 e. The summed E-state index contributed by atoms with van der Waals surface area (Å²) < 4.78 is 0. The molecule has 2 aromatic rings. The van der Waals surface area contributed by atoms with Crippen LogP contribution in [0.15, 0.2) is 42.1 Å². The lowest BCUT2D eigenvalue weighted by molar-refractivity contribution is 0.0531. The van der Waals surface area contributed by atoms with Gasteiger partial charge >= 0.3 is 0 Å². The van der Waals surface area contributed by atoms with E-state index in [1.807, 2.05) is 38.1 Å². The highest BCUT2D eigenvalue weighted by molar-refractivity contribution is 8.15. The average molecular weight is 340 g/mol. The van der Waals surface area contributed by atoms with Crippen LogP contribution in [0.3, 0.4) is 0 Å². The topological polar surface area (TPSA) is 81.9 Å². The minimum Gasteiger partial charge on any atom is -0.385 e. The van der Waals surface area contributed by atoms with Gasteiger partial charge in [-0.15, -0.1) is 0 Å².